The van der Waals surface area contributed by atoms with Crippen LogP contribution in [-0.2, 0) is 4.79 Å². The Kier molecular flexibility index (Phi) is 7.43. The van der Waals surface area contributed by atoms with Crippen molar-refractivity contribution in [1.29, 1.82) is 0 Å². The Balaban J connectivity index is 4.86. The van der Waals surface area contributed by atoms with Crippen LogP contribution in [0.1, 0.15) is 75.2 Å². The third-order valence-electron chi connectivity index (χ3n) is 3.41. The fourth-order valence-electron chi connectivity index (χ4n) is 2.00. The molecular formula is C19H35NO. The van der Waals surface area contributed by atoms with E-state index in [0.29, 0.717) is 6.54 Å². The van der Waals surface area contributed by atoms with Gasteiger partial charge in [0.1, 0.15) is 0 Å². The molecule has 1 amide bonds. The summed E-state index contributed by atoms with van der Waals surface area (Å²) in [6, 6.07) is 0. The van der Waals surface area contributed by atoms with Crippen LogP contribution >= 0.6 is 0 Å². The first-order chi connectivity index (χ1) is 9.35. The quantitative estimate of drug-likeness (QED) is 0.625. The molecule has 2 heteroatoms. The number of carbonyl (C=O) groups is 1. The molecule has 0 unspecified atom stereocenters. The van der Waals surface area contributed by atoms with Gasteiger partial charge in [-0.2, -0.15) is 0 Å². The summed E-state index contributed by atoms with van der Waals surface area (Å²) in [5.74, 6) is 0.211. The highest BCUT2D eigenvalue weighted by atomic mass is 16.2. The second-order valence-corrected chi connectivity index (χ2v) is 8.21. The first kappa shape index (κ1) is 19.9. The molecule has 0 rings (SSSR count). The van der Waals surface area contributed by atoms with Gasteiger partial charge in [0, 0.05) is 17.5 Å². The molecular weight excluding hydrogens is 258 g/mol. The number of hydrogen-bond donors (Lipinski definition) is 0. The van der Waals surface area contributed by atoms with Gasteiger partial charge in [-0.05, 0) is 54.4 Å². The smallest absolute Gasteiger partial charge is 0.228 e. The second-order valence-electron chi connectivity index (χ2n) is 8.21. The van der Waals surface area contributed by atoms with Crippen molar-refractivity contribution < 1.29 is 4.79 Å². The lowest BCUT2D eigenvalue weighted by Gasteiger charge is -2.39. The summed E-state index contributed by atoms with van der Waals surface area (Å²) < 4.78 is 0. The highest BCUT2D eigenvalue weighted by molar-refractivity contribution is 5.82. The maximum atomic E-state index is 12.6. The summed E-state index contributed by atoms with van der Waals surface area (Å²) in [6.45, 7) is 19.4. The van der Waals surface area contributed by atoms with Crippen molar-refractivity contribution in [2.45, 2.75) is 80.7 Å². The number of hydrogen-bond acceptors (Lipinski definition) is 1. The Hall–Kier alpha value is -1.05. The van der Waals surface area contributed by atoms with Crippen molar-refractivity contribution in [2.24, 2.45) is 5.41 Å². The molecule has 0 aromatic heterocycles. The monoisotopic (exact) mass is 293 g/mol. The first-order valence-corrected chi connectivity index (χ1v) is 7.96. The normalized spacial score (nSPS) is 13.1. The molecule has 0 aromatic rings. The highest BCUT2D eigenvalue weighted by Crippen LogP contribution is 2.24. The van der Waals surface area contributed by atoms with Crippen LogP contribution in [0, 0.1) is 5.41 Å². The molecule has 0 heterocycles. The van der Waals surface area contributed by atoms with E-state index in [0.717, 1.165) is 12.8 Å². The summed E-state index contributed by atoms with van der Waals surface area (Å²) >= 11 is 0. The van der Waals surface area contributed by atoms with E-state index in [2.05, 4.69) is 53.7 Å². The lowest BCUT2D eigenvalue weighted by Crippen LogP contribution is -2.50. The van der Waals surface area contributed by atoms with E-state index in [-0.39, 0.29) is 16.9 Å². The predicted molar refractivity (Wildman–Crippen MR) is 93.3 cm³/mol. The van der Waals surface area contributed by atoms with Gasteiger partial charge < -0.3 is 4.90 Å². The zero-order chi connectivity index (χ0) is 16.8. The molecule has 0 saturated carbocycles. The van der Waals surface area contributed by atoms with Gasteiger partial charge >= 0.3 is 0 Å². The van der Waals surface area contributed by atoms with Crippen molar-refractivity contribution >= 4 is 5.91 Å². The molecule has 122 valence electrons. The van der Waals surface area contributed by atoms with Crippen molar-refractivity contribution in [3.8, 4) is 0 Å². The van der Waals surface area contributed by atoms with Gasteiger partial charge in [-0.25, -0.2) is 0 Å². The van der Waals surface area contributed by atoms with Crippen molar-refractivity contribution in [2.75, 3.05) is 6.54 Å². The van der Waals surface area contributed by atoms with Gasteiger partial charge in [-0.15, -0.1) is 0 Å². The lowest BCUT2D eigenvalue weighted by molar-refractivity contribution is -0.143. The summed E-state index contributed by atoms with van der Waals surface area (Å²) in [6.07, 6.45) is 6.60. The zero-order valence-electron chi connectivity index (χ0n) is 15.6. The number of allylic oxidation sites excluding steroid dienone is 3. The van der Waals surface area contributed by atoms with Crippen LogP contribution in [0.25, 0.3) is 0 Å². The Morgan fingerprint density at radius 1 is 0.952 bits per heavy atom. The fraction of sp³-hybridized carbons (Fsp3) is 0.737. The summed E-state index contributed by atoms with van der Waals surface area (Å²) in [4.78, 5) is 14.6. The van der Waals surface area contributed by atoms with Gasteiger partial charge in [0.15, 0.2) is 0 Å². The van der Waals surface area contributed by atoms with Gasteiger partial charge in [0.05, 0.1) is 0 Å². The molecule has 0 saturated heterocycles. The third-order valence-corrected chi connectivity index (χ3v) is 3.41. The standard InChI is InChI=1S/C19H35NO/c1-15(2)11-10-12-16(3)13-14-20(19(7,8)9)17(21)18(4,5)6/h11,13H,10,12,14H2,1-9H3/b16-13-. The molecule has 0 aliphatic rings. The van der Waals surface area contributed by atoms with Crippen LogP contribution in [0.5, 0.6) is 0 Å². The Morgan fingerprint density at radius 2 is 1.48 bits per heavy atom. The van der Waals surface area contributed by atoms with E-state index >= 15 is 0 Å². The average molecular weight is 293 g/mol. The molecule has 0 spiro atoms. The minimum Gasteiger partial charge on any atom is -0.334 e. The molecule has 21 heavy (non-hydrogen) atoms. The summed E-state index contributed by atoms with van der Waals surface area (Å²) in [7, 11) is 0. The number of carbonyl (C=O) groups excluding carboxylic acids is 1. The van der Waals surface area contributed by atoms with E-state index in [9.17, 15) is 4.79 Å². The van der Waals surface area contributed by atoms with Crippen LogP contribution in [-0.4, -0.2) is 22.9 Å². The van der Waals surface area contributed by atoms with Crippen LogP contribution in [0.4, 0.5) is 0 Å². The van der Waals surface area contributed by atoms with Gasteiger partial charge in [0.25, 0.3) is 0 Å². The number of nitrogens with zero attached hydrogens (tertiary/aromatic N) is 1. The maximum Gasteiger partial charge on any atom is 0.228 e. The SMILES string of the molecule is CC(C)=CCC/C(C)=C\CN(C(=O)C(C)(C)C)C(C)(C)C. The zero-order valence-corrected chi connectivity index (χ0v) is 15.6. The molecule has 0 aromatic carbocycles. The lowest BCUT2D eigenvalue weighted by atomic mass is 9.91. The van der Waals surface area contributed by atoms with Crippen LogP contribution < -0.4 is 0 Å². The highest BCUT2D eigenvalue weighted by Gasteiger charge is 2.33. The van der Waals surface area contributed by atoms with Crippen LogP contribution in [0.15, 0.2) is 23.3 Å². The summed E-state index contributed by atoms with van der Waals surface area (Å²) in [5, 5.41) is 0. The topological polar surface area (TPSA) is 20.3 Å². The minimum absolute atomic E-state index is 0.152. The van der Waals surface area contributed by atoms with Gasteiger partial charge in [-0.1, -0.05) is 44.1 Å². The van der Waals surface area contributed by atoms with E-state index < -0.39 is 0 Å². The average Bonchev–Trinajstić information content (AvgIpc) is 2.25. The molecule has 0 aliphatic heterocycles. The third kappa shape index (κ3) is 8.08. The number of amides is 1. The van der Waals surface area contributed by atoms with Crippen molar-refractivity contribution in [1.82, 2.24) is 4.90 Å². The first-order valence-electron chi connectivity index (χ1n) is 7.96. The second kappa shape index (κ2) is 7.82. The predicted octanol–water partition coefficient (Wildman–Crippen LogP) is 5.35. The van der Waals surface area contributed by atoms with Crippen LogP contribution in [0.2, 0.25) is 0 Å². The molecule has 0 bridgehead atoms. The Bertz CT molecular complexity index is 398. The van der Waals surface area contributed by atoms with E-state index in [1.165, 1.54) is 11.1 Å². The summed E-state index contributed by atoms with van der Waals surface area (Å²) in [5.41, 5.74) is 2.23. The fourth-order valence-corrected chi connectivity index (χ4v) is 2.00. The maximum absolute atomic E-state index is 12.6. The molecule has 0 radical (unpaired) electrons. The molecule has 0 atom stereocenters. The largest absolute Gasteiger partial charge is 0.334 e. The Labute approximate surface area is 132 Å². The van der Waals surface area contributed by atoms with Crippen LogP contribution in [0.3, 0.4) is 0 Å². The molecule has 0 N–H and O–H groups in total. The van der Waals surface area contributed by atoms with Gasteiger partial charge in [-0.3, -0.25) is 4.79 Å². The molecule has 0 aliphatic carbocycles. The van der Waals surface area contributed by atoms with E-state index in [1.54, 1.807) is 0 Å². The van der Waals surface area contributed by atoms with Crippen molar-refractivity contribution in [3.05, 3.63) is 23.3 Å². The van der Waals surface area contributed by atoms with Gasteiger partial charge in [0.2, 0.25) is 5.91 Å². The molecule has 0 fully saturated rings. The van der Waals surface area contributed by atoms with E-state index in [4.69, 9.17) is 0 Å². The number of rotatable bonds is 5. The minimum atomic E-state index is -0.336. The van der Waals surface area contributed by atoms with Crippen molar-refractivity contribution in [3.63, 3.8) is 0 Å². The molecule has 2 nitrogen and oxygen atoms in total. The Morgan fingerprint density at radius 3 is 1.86 bits per heavy atom. The van der Waals surface area contributed by atoms with E-state index in [1.807, 2.05) is 25.7 Å².